The number of quaternary nitrogens is 1. The van der Waals surface area contributed by atoms with Crippen molar-refractivity contribution in [3.8, 4) is 22.8 Å². The van der Waals surface area contributed by atoms with Crippen LogP contribution in [0.3, 0.4) is 0 Å². The Morgan fingerprint density at radius 2 is 2.10 bits per heavy atom. The molecule has 13 heteroatoms. The fraction of sp³-hybridized carbons (Fsp3) is 0.235. The quantitative estimate of drug-likeness (QED) is 0.233. The smallest absolute Gasteiger partial charge is 0.497 e. The van der Waals surface area contributed by atoms with E-state index in [0.29, 0.717) is 17.3 Å². The van der Waals surface area contributed by atoms with Crippen LogP contribution in [0.4, 0.5) is 19.1 Å². The summed E-state index contributed by atoms with van der Waals surface area (Å²) in [6, 6.07) is 7.48. The number of ether oxygens (including phenoxy) is 2. The molecule has 1 aromatic carbocycles. The molecule has 0 bridgehead atoms. The number of halogens is 3. The van der Waals surface area contributed by atoms with Crippen LogP contribution in [-0.4, -0.2) is 47.5 Å². The molecule has 0 saturated carbocycles. The van der Waals surface area contributed by atoms with E-state index in [-0.39, 0.29) is 23.6 Å². The molecule has 0 aliphatic carbocycles. The van der Waals surface area contributed by atoms with Crippen molar-refractivity contribution < 1.29 is 28.0 Å². The number of hydrogen-bond acceptors (Lipinski definition) is 7. The van der Waals surface area contributed by atoms with Crippen LogP contribution in [-0.2, 0) is 0 Å². The molecule has 0 aliphatic rings. The van der Waals surface area contributed by atoms with Gasteiger partial charge in [-0.2, -0.15) is 5.53 Å². The zero-order chi connectivity index (χ0) is 21.7. The zero-order valence-corrected chi connectivity index (χ0v) is 15.9. The average Bonchev–Trinajstić information content (AvgIpc) is 3.20. The second-order valence-electron chi connectivity index (χ2n) is 5.88. The highest BCUT2D eigenvalue weighted by molar-refractivity contribution is 5.82. The molecule has 158 valence electrons. The number of hydrogen-bond donors (Lipinski definition) is 3. The standard InChI is InChI=1S/C17H17F3N8O2/c1-22-14(24-27-21)9-23-16-26-25-15(12-4-3-7-28(12)16)11-6-5-10(29-2)8-13(11)30-17(18,19)20/h3-8H,9H2,1-2H3,(H,23,26)(H2,21,22,24)/p+1. The molecule has 0 saturated heterocycles. The number of fused-ring (bicyclic) bond motifs is 1. The first-order valence-corrected chi connectivity index (χ1v) is 8.60. The van der Waals surface area contributed by atoms with Gasteiger partial charge in [-0.1, -0.05) is 5.10 Å². The summed E-state index contributed by atoms with van der Waals surface area (Å²) in [7, 11) is 3.09. The fourth-order valence-corrected chi connectivity index (χ4v) is 2.73. The fourth-order valence-electron chi connectivity index (χ4n) is 2.73. The summed E-state index contributed by atoms with van der Waals surface area (Å²) in [6.07, 6.45) is -3.20. The number of amidine groups is 1. The number of alkyl halides is 3. The van der Waals surface area contributed by atoms with E-state index in [1.165, 1.54) is 19.2 Å². The Morgan fingerprint density at radius 3 is 2.77 bits per heavy atom. The number of nitrogens with zero attached hydrogens (tertiary/aromatic N) is 5. The molecule has 2 aromatic heterocycles. The average molecular weight is 423 g/mol. The summed E-state index contributed by atoms with van der Waals surface area (Å²) in [4.78, 5) is 0. The molecule has 0 fully saturated rings. The largest absolute Gasteiger partial charge is 0.573 e. The Hall–Kier alpha value is -3.74. The zero-order valence-electron chi connectivity index (χ0n) is 15.9. The summed E-state index contributed by atoms with van der Waals surface area (Å²) < 4.78 is 49.6. The first-order valence-electron chi connectivity index (χ1n) is 8.60. The number of anilines is 1. The molecule has 0 aliphatic heterocycles. The minimum atomic E-state index is -4.89. The molecule has 3 rings (SSSR count). The first-order chi connectivity index (χ1) is 14.4. The van der Waals surface area contributed by atoms with Gasteiger partial charge >= 0.3 is 6.36 Å². The van der Waals surface area contributed by atoms with Crippen molar-refractivity contribution in [2.45, 2.75) is 6.36 Å². The van der Waals surface area contributed by atoms with Gasteiger partial charge in [-0.05, 0) is 29.5 Å². The summed E-state index contributed by atoms with van der Waals surface area (Å²) in [5.74, 6) is 0.599. The number of nitrogens with two attached hydrogens (primary N) is 1. The van der Waals surface area contributed by atoms with Crippen molar-refractivity contribution in [2.75, 3.05) is 26.0 Å². The van der Waals surface area contributed by atoms with Crippen molar-refractivity contribution in [1.82, 2.24) is 14.6 Å². The Morgan fingerprint density at radius 1 is 1.30 bits per heavy atom. The maximum Gasteiger partial charge on any atom is 0.573 e. The van der Waals surface area contributed by atoms with E-state index in [0.717, 1.165) is 6.07 Å². The van der Waals surface area contributed by atoms with Gasteiger partial charge in [0.05, 0.1) is 19.7 Å². The SMILES string of the molecule is C[NH2+]/C(CNc1nnc(-c2ccc(OC)cc2OC(F)(F)F)c2cccn12)=N\N=N. The monoisotopic (exact) mass is 423 g/mol. The van der Waals surface area contributed by atoms with Gasteiger partial charge in [0.15, 0.2) is 0 Å². The van der Waals surface area contributed by atoms with Crippen LogP contribution in [0.1, 0.15) is 0 Å². The summed E-state index contributed by atoms with van der Waals surface area (Å²) >= 11 is 0. The minimum absolute atomic E-state index is 0.105. The Balaban J connectivity index is 2.03. The van der Waals surface area contributed by atoms with Crippen molar-refractivity contribution in [3.63, 3.8) is 0 Å². The van der Waals surface area contributed by atoms with Crippen molar-refractivity contribution in [2.24, 2.45) is 10.3 Å². The molecule has 10 nitrogen and oxygen atoms in total. The number of aromatic nitrogens is 3. The number of benzene rings is 1. The van der Waals surface area contributed by atoms with E-state index >= 15 is 0 Å². The van der Waals surface area contributed by atoms with E-state index < -0.39 is 12.1 Å². The Kier molecular flexibility index (Phi) is 6.11. The maximum absolute atomic E-state index is 12.9. The Bertz CT molecular complexity index is 1080. The maximum atomic E-state index is 12.9. The number of rotatable bonds is 7. The van der Waals surface area contributed by atoms with Gasteiger partial charge in [-0.15, -0.1) is 23.4 Å². The van der Waals surface area contributed by atoms with Gasteiger partial charge < -0.3 is 20.1 Å². The lowest BCUT2D eigenvalue weighted by Crippen LogP contribution is -2.85. The number of nitrogens with one attached hydrogen (secondary N) is 2. The van der Waals surface area contributed by atoms with Crippen LogP contribution in [0, 0.1) is 5.53 Å². The molecule has 2 heterocycles. The van der Waals surface area contributed by atoms with Crippen LogP contribution >= 0.6 is 0 Å². The highest BCUT2D eigenvalue weighted by atomic mass is 19.4. The molecule has 0 atom stereocenters. The molecular formula is C17H18F3N8O2+. The predicted molar refractivity (Wildman–Crippen MR) is 101 cm³/mol. The third-order valence-electron chi connectivity index (χ3n) is 4.07. The van der Waals surface area contributed by atoms with Crippen LogP contribution in [0.2, 0.25) is 0 Å². The van der Waals surface area contributed by atoms with E-state index in [9.17, 15) is 13.2 Å². The molecule has 3 aromatic rings. The topological polar surface area (TPSA) is 126 Å². The van der Waals surface area contributed by atoms with Crippen molar-refractivity contribution >= 4 is 17.3 Å². The highest BCUT2D eigenvalue weighted by Gasteiger charge is 2.33. The molecule has 30 heavy (non-hydrogen) atoms. The van der Waals surface area contributed by atoms with Gasteiger partial charge in [0.1, 0.15) is 23.7 Å². The van der Waals surface area contributed by atoms with E-state index in [1.807, 2.05) is 0 Å². The van der Waals surface area contributed by atoms with Crippen LogP contribution in [0.5, 0.6) is 11.5 Å². The lowest BCUT2D eigenvalue weighted by molar-refractivity contribution is -0.507. The molecule has 0 radical (unpaired) electrons. The third kappa shape index (κ3) is 4.63. The van der Waals surface area contributed by atoms with Gasteiger partial charge in [0.25, 0.3) is 0 Å². The minimum Gasteiger partial charge on any atom is -0.497 e. The molecule has 0 spiro atoms. The highest BCUT2D eigenvalue weighted by Crippen LogP contribution is 2.37. The van der Waals surface area contributed by atoms with Gasteiger partial charge in [0, 0.05) is 17.8 Å². The first kappa shape index (κ1) is 21.0. The van der Waals surface area contributed by atoms with Gasteiger partial charge in [-0.25, -0.2) is 0 Å². The summed E-state index contributed by atoms with van der Waals surface area (Å²) in [5, 5.41) is 19.5. The Labute approximate surface area is 168 Å². The summed E-state index contributed by atoms with van der Waals surface area (Å²) in [5.41, 5.74) is 7.63. The van der Waals surface area contributed by atoms with Crippen LogP contribution in [0.15, 0.2) is 46.9 Å². The predicted octanol–water partition coefficient (Wildman–Crippen LogP) is 2.25. The third-order valence-corrected chi connectivity index (χ3v) is 4.07. The van der Waals surface area contributed by atoms with E-state index in [2.05, 4.69) is 30.6 Å². The summed E-state index contributed by atoms with van der Waals surface area (Å²) in [6.45, 7) is 0.227. The van der Waals surface area contributed by atoms with Crippen molar-refractivity contribution in [1.29, 1.82) is 5.53 Å². The van der Waals surface area contributed by atoms with E-state index in [1.54, 1.807) is 35.1 Å². The lowest BCUT2D eigenvalue weighted by atomic mass is 10.1. The van der Waals surface area contributed by atoms with Crippen molar-refractivity contribution in [3.05, 3.63) is 36.5 Å². The van der Waals surface area contributed by atoms with Gasteiger partial charge in [0.2, 0.25) is 11.8 Å². The lowest BCUT2D eigenvalue weighted by Gasteiger charge is -2.15. The van der Waals surface area contributed by atoms with Crippen LogP contribution in [0.25, 0.3) is 16.8 Å². The molecule has 4 N–H and O–H groups in total. The van der Waals surface area contributed by atoms with Gasteiger partial charge in [-0.3, -0.25) is 4.40 Å². The number of methoxy groups -OCH3 is 1. The molecule has 0 amide bonds. The molecule has 0 unspecified atom stereocenters. The second kappa shape index (κ2) is 8.73. The van der Waals surface area contributed by atoms with E-state index in [4.69, 9.17) is 10.3 Å². The second-order valence-corrected chi connectivity index (χ2v) is 5.88. The normalized spacial score (nSPS) is 12.1. The number of likely N-dealkylation sites (N-methyl/N-ethyl adjacent to an activating group) is 1. The molecular weight excluding hydrogens is 405 g/mol. The van der Waals surface area contributed by atoms with Crippen LogP contribution < -0.4 is 20.1 Å².